The highest BCUT2D eigenvalue weighted by Gasteiger charge is 2.17. The fourth-order valence-corrected chi connectivity index (χ4v) is 1.66. The zero-order valence-corrected chi connectivity index (χ0v) is 12.1. The Labute approximate surface area is 120 Å². The molecule has 0 radical (unpaired) electrons. The van der Waals surface area contributed by atoms with Crippen molar-refractivity contribution in [1.82, 2.24) is 5.32 Å². The Kier molecular flexibility index (Phi) is 6.35. The summed E-state index contributed by atoms with van der Waals surface area (Å²) in [6.07, 6.45) is 0.481. The Morgan fingerprint density at radius 3 is 2.53 bits per heavy atom. The lowest BCUT2D eigenvalue weighted by atomic mass is 10.2. The largest absolute Gasteiger partial charge is 0.493 e. The number of ether oxygens (including phenoxy) is 1. The Balaban J connectivity index is 2.30. The first-order valence-electron chi connectivity index (χ1n) is 5.93. The van der Waals surface area contributed by atoms with Crippen molar-refractivity contribution in [2.24, 2.45) is 0 Å². The first-order valence-corrected chi connectivity index (χ1v) is 6.72. The fourth-order valence-electron chi connectivity index (χ4n) is 1.40. The van der Waals surface area contributed by atoms with Crippen LogP contribution in [0.2, 0.25) is 0 Å². The molecule has 0 saturated carbocycles. The lowest BCUT2D eigenvalue weighted by Crippen LogP contribution is -2.40. The topological polar surface area (TPSA) is 75.6 Å². The second-order valence-corrected chi connectivity index (χ2v) is 4.83. The van der Waals surface area contributed by atoms with Gasteiger partial charge in [0, 0.05) is 4.47 Å². The van der Waals surface area contributed by atoms with Crippen molar-refractivity contribution < 1.29 is 19.4 Å². The van der Waals surface area contributed by atoms with E-state index in [1.54, 1.807) is 19.1 Å². The van der Waals surface area contributed by atoms with Crippen LogP contribution in [0.3, 0.4) is 0 Å². The monoisotopic (exact) mass is 329 g/mol. The highest BCUT2D eigenvalue weighted by molar-refractivity contribution is 9.10. The smallest absolute Gasteiger partial charge is 0.326 e. The lowest BCUT2D eigenvalue weighted by molar-refractivity contribution is -0.142. The highest BCUT2D eigenvalue weighted by atomic mass is 79.9. The number of halogens is 1. The van der Waals surface area contributed by atoms with E-state index >= 15 is 0 Å². The molecule has 0 spiro atoms. The number of benzene rings is 1. The zero-order valence-electron chi connectivity index (χ0n) is 10.6. The predicted octanol–water partition coefficient (Wildman–Crippen LogP) is 2.20. The van der Waals surface area contributed by atoms with Gasteiger partial charge in [-0.05, 0) is 30.7 Å². The number of carboxylic acid groups (broad SMARTS) is 1. The number of rotatable bonds is 7. The normalized spacial score (nSPS) is 11.7. The third-order valence-electron chi connectivity index (χ3n) is 2.45. The van der Waals surface area contributed by atoms with Crippen molar-refractivity contribution in [3.8, 4) is 5.75 Å². The van der Waals surface area contributed by atoms with Crippen molar-refractivity contribution in [3.05, 3.63) is 28.7 Å². The molecule has 0 aromatic heterocycles. The summed E-state index contributed by atoms with van der Waals surface area (Å²) in [5.74, 6) is -0.683. The van der Waals surface area contributed by atoms with Crippen molar-refractivity contribution in [1.29, 1.82) is 0 Å². The van der Waals surface area contributed by atoms with Crippen LogP contribution in [0.5, 0.6) is 5.75 Å². The maximum Gasteiger partial charge on any atom is 0.326 e. The molecule has 1 aromatic rings. The molecule has 1 atom stereocenters. The van der Waals surface area contributed by atoms with Gasteiger partial charge in [-0.25, -0.2) is 4.79 Å². The maximum absolute atomic E-state index is 11.5. The molecular weight excluding hydrogens is 314 g/mol. The number of carbonyl (C=O) groups is 2. The van der Waals surface area contributed by atoms with Gasteiger partial charge in [-0.1, -0.05) is 22.9 Å². The van der Waals surface area contributed by atoms with Crippen LogP contribution >= 0.6 is 15.9 Å². The molecule has 2 N–H and O–H groups in total. The van der Waals surface area contributed by atoms with E-state index in [2.05, 4.69) is 21.2 Å². The van der Waals surface area contributed by atoms with Crippen molar-refractivity contribution >= 4 is 27.8 Å². The molecule has 0 aliphatic heterocycles. The summed E-state index contributed by atoms with van der Waals surface area (Å²) in [5.41, 5.74) is 0. The van der Waals surface area contributed by atoms with Crippen LogP contribution in [-0.4, -0.2) is 29.6 Å². The fraction of sp³-hybridized carbons (Fsp3) is 0.385. The Hall–Kier alpha value is -1.56. The van der Waals surface area contributed by atoms with E-state index in [0.717, 1.165) is 4.47 Å². The molecule has 0 heterocycles. The number of nitrogens with one attached hydrogen (secondary N) is 1. The zero-order chi connectivity index (χ0) is 14.3. The van der Waals surface area contributed by atoms with Gasteiger partial charge in [0.25, 0.3) is 0 Å². The quantitative estimate of drug-likeness (QED) is 0.804. The average molecular weight is 330 g/mol. The molecule has 104 valence electrons. The third-order valence-corrected chi connectivity index (χ3v) is 2.98. The van der Waals surface area contributed by atoms with Gasteiger partial charge in [-0.15, -0.1) is 0 Å². The molecular formula is C13H16BrNO4. The van der Waals surface area contributed by atoms with E-state index < -0.39 is 12.0 Å². The number of carboxylic acids is 1. The van der Waals surface area contributed by atoms with Gasteiger partial charge in [0.1, 0.15) is 11.8 Å². The van der Waals surface area contributed by atoms with Gasteiger partial charge in [0.2, 0.25) is 5.91 Å². The van der Waals surface area contributed by atoms with Gasteiger partial charge < -0.3 is 15.2 Å². The van der Waals surface area contributed by atoms with E-state index in [-0.39, 0.29) is 18.9 Å². The van der Waals surface area contributed by atoms with Gasteiger partial charge >= 0.3 is 5.97 Å². The summed E-state index contributed by atoms with van der Waals surface area (Å²) in [4.78, 5) is 22.2. The van der Waals surface area contributed by atoms with E-state index in [9.17, 15) is 9.59 Å². The Morgan fingerprint density at radius 2 is 2.00 bits per heavy atom. The van der Waals surface area contributed by atoms with Gasteiger partial charge in [0.05, 0.1) is 13.0 Å². The van der Waals surface area contributed by atoms with Crippen LogP contribution in [0.4, 0.5) is 0 Å². The molecule has 0 bridgehead atoms. The summed E-state index contributed by atoms with van der Waals surface area (Å²) >= 11 is 3.31. The first-order chi connectivity index (χ1) is 9.02. The predicted molar refractivity (Wildman–Crippen MR) is 74.1 cm³/mol. The molecule has 1 amide bonds. The van der Waals surface area contributed by atoms with E-state index in [1.165, 1.54) is 0 Å². The molecule has 5 nitrogen and oxygen atoms in total. The standard InChI is InChI=1S/C13H16BrNO4/c1-2-11(13(17)18)15-12(16)7-8-19-10-5-3-9(14)4-6-10/h3-6,11H,2,7-8H2,1H3,(H,15,16)(H,17,18)/t11-/m1/s1. The summed E-state index contributed by atoms with van der Waals surface area (Å²) < 4.78 is 6.33. The first kappa shape index (κ1) is 15.5. The molecule has 1 aromatic carbocycles. The Morgan fingerprint density at radius 1 is 1.37 bits per heavy atom. The van der Waals surface area contributed by atoms with Crippen LogP contribution in [-0.2, 0) is 9.59 Å². The molecule has 19 heavy (non-hydrogen) atoms. The molecule has 0 fully saturated rings. The summed E-state index contributed by atoms with van der Waals surface area (Å²) in [7, 11) is 0. The number of carbonyl (C=O) groups excluding carboxylic acids is 1. The average Bonchev–Trinajstić information content (AvgIpc) is 2.38. The molecule has 0 aliphatic carbocycles. The molecule has 0 aliphatic rings. The van der Waals surface area contributed by atoms with Crippen LogP contribution in [0.15, 0.2) is 28.7 Å². The van der Waals surface area contributed by atoms with Crippen molar-refractivity contribution in [2.75, 3.05) is 6.61 Å². The van der Waals surface area contributed by atoms with Gasteiger partial charge in [-0.3, -0.25) is 4.79 Å². The Bertz CT molecular complexity index is 433. The summed E-state index contributed by atoms with van der Waals surface area (Å²) in [6, 6.07) is 6.42. The van der Waals surface area contributed by atoms with Crippen molar-refractivity contribution in [3.63, 3.8) is 0 Å². The minimum atomic E-state index is -1.02. The summed E-state index contributed by atoms with van der Waals surface area (Å²) in [6.45, 7) is 1.92. The van der Waals surface area contributed by atoms with E-state index in [0.29, 0.717) is 12.2 Å². The second kappa shape index (κ2) is 7.78. The van der Waals surface area contributed by atoms with E-state index in [4.69, 9.17) is 9.84 Å². The lowest BCUT2D eigenvalue weighted by Gasteiger charge is -2.12. The van der Waals surface area contributed by atoms with Gasteiger partial charge in [0.15, 0.2) is 0 Å². The van der Waals surface area contributed by atoms with Gasteiger partial charge in [-0.2, -0.15) is 0 Å². The maximum atomic E-state index is 11.5. The number of hydrogen-bond donors (Lipinski definition) is 2. The third kappa shape index (κ3) is 5.74. The number of hydrogen-bond acceptors (Lipinski definition) is 3. The van der Waals surface area contributed by atoms with Crippen LogP contribution in [0, 0.1) is 0 Å². The van der Waals surface area contributed by atoms with Crippen molar-refractivity contribution in [2.45, 2.75) is 25.8 Å². The van der Waals surface area contributed by atoms with Crippen LogP contribution < -0.4 is 10.1 Å². The number of amides is 1. The van der Waals surface area contributed by atoms with E-state index in [1.807, 2.05) is 12.1 Å². The summed E-state index contributed by atoms with van der Waals surface area (Å²) in [5, 5.41) is 11.2. The minimum absolute atomic E-state index is 0.125. The highest BCUT2D eigenvalue weighted by Crippen LogP contribution is 2.16. The minimum Gasteiger partial charge on any atom is -0.493 e. The SMILES string of the molecule is CC[C@@H](NC(=O)CCOc1ccc(Br)cc1)C(=O)O. The van der Waals surface area contributed by atoms with Crippen LogP contribution in [0.25, 0.3) is 0 Å². The molecule has 0 saturated heterocycles. The van der Waals surface area contributed by atoms with Crippen LogP contribution in [0.1, 0.15) is 19.8 Å². The molecule has 1 rings (SSSR count). The molecule has 0 unspecified atom stereocenters. The second-order valence-electron chi connectivity index (χ2n) is 3.92. The number of aliphatic carboxylic acids is 1. The molecule has 6 heteroatoms.